The molecule has 0 saturated heterocycles. The van der Waals surface area contributed by atoms with Gasteiger partial charge in [0.15, 0.2) is 0 Å². The molecule has 6 nitrogen and oxygen atoms in total. The van der Waals surface area contributed by atoms with Crippen molar-refractivity contribution in [1.82, 2.24) is 0 Å². The van der Waals surface area contributed by atoms with Crippen LogP contribution in [-0.2, 0) is 0 Å². The third-order valence-electron chi connectivity index (χ3n) is 2.24. The lowest BCUT2D eigenvalue weighted by molar-refractivity contribution is -0.621. The van der Waals surface area contributed by atoms with Crippen LogP contribution < -0.4 is 0 Å². The summed E-state index contributed by atoms with van der Waals surface area (Å²) in [4.78, 5) is 19.7. The first-order chi connectivity index (χ1) is 5.63. The third kappa shape index (κ3) is 1.69. The number of hydrogen-bond donors (Lipinski definition) is 0. The van der Waals surface area contributed by atoms with Crippen molar-refractivity contribution in [2.45, 2.75) is 37.8 Å². The molecule has 1 aliphatic carbocycles. The van der Waals surface area contributed by atoms with Crippen LogP contribution in [0.3, 0.4) is 0 Å². The van der Waals surface area contributed by atoms with Gasteiger partial charge in [-0.15, -0.1) is 0 Å². The molecule has 0 N–H and O–H groups in total. The fourth-order valence-corrected chi connectivity index (χ4v) is 1.58. The highest BCUT2D eigenvalue weighted by Gasteiger charge is 2.42. The fourth-order valence-electron chi connectivity index (χ4n) is 1.58. The maximum Gasteiger partial charge on any atom is 0.279 e. The fraction of sp³-hybridized carbons (Fsp3) is 1.00. The molecule has 0 heterocycles. The van der Waals surface area contributed by atoms with E-state index < -0.39 is 21.9 Å². The van der Waals surface area contributed by atoms with Gasteiger partial charge in [0.1, 0.15) is 0 Å². The SMILES string of the molecule is [18O]=[N+]([18O-])[C@@H]1CCCC[C@H]1[N+](=[18O])[18O-]. The maximum absolute atomic E-state index is 10.4. The van der Waals surface area contributed by atoms with E-state index in [9.17, 15) is 20.2 Å². The molecule has 6 heteroatoms. The van der Waals surface area contributed by atoms with E-state index in [0.29, 0.717) is 12.8 Å². The quantitative estimate of drug-likeness (QED) is 0.360. The summed E-state index contributed by atoms with van der Waals surface area (Å²) in [5.74, 6) is 0. The molecule has 0 amide bonds. The minimum absolute atomic E-state index is 0.346. The molecule has 12 heavy (non-hydrogen) atoms. The van der Waals surface area contributed by atoms with Crippen LogP contribution in [0, 0.1) is 20.2 Å². The standard InChI is InChI=1S/C6H10N2O4/c9-7(10)5-3-1-2-4-6(5)8(11)12/h5-6H,1-4H2/t5-,6-/m1/s1/i9+2,10+2,11+2,12+2. The minimum Gasteiger partial charge on any atom is -0.264 e. The van der Waals surface area contributed by atoms with Crippen molar-refractivity contribution in [2.75, 3.05) is 0 Å². The number of nitrogens with zero attached hydrogens (tertiary/aromatic N) is 2. The molecule has 0 aromatic rings. The lowest BCUT2D eigenvalue weighted by atomic mass is 9.91. The van der Waals surface area contributed by atoms with Crippen LogP contribution in [0.15, 0.2) is 0 Å². The summed E-state index contributed by atoms with van der Waals surface area (Å²) in [6.45, 7) is 0. The van der Waals surface area contributed by atoms with Gasteiger partial charge < -0.3 is 0 Å². The summed E-state index contributed by atoms with van der Waals surface area (Å²) in [5.41, 5.74) is 0. The van der Waals surface area contributed by atoms with Gasteiger partial charge in [-0.2, -0.15) is 0 Å². The van der Waals surface area contributed by atoms with Crippen molar-refractivity contribution in [3.05, 3.63) is 20.2 Å². The molecule has 68 valence electrons. The Labute approximate surface area is 68.9 Å². The largest absolute Gasteiger partial charge is 0.279 e. The number of hydrogen-bond acceptors (Lipinski definition) is 4. The second-order valence-corrected chi connectivity index (χ2v) is 2.99. The van der Waals surface area contributed by atoms with Gasteiger partial charge in [-0.3, -0.25) is 20.2 Å². The lowest BCUT2D eigenvalue weighted by Crippen LogP contribution is -2.41. The van der Waals surface area contributed by atoms with Crippen molar-refractivity contribution in [2.24, 2.45) is 0 Å². The second kappa shape index (κ2) is 3.46. The van der Waals surface area contributed by atoms with Crippen LogP contribution in [0.1, 0.15) is 25.7 Å². The van der Waals surface area contributed by atoms with Crippen molar-refractivity contribution >= 4 is 0 Å². The molecule has 1 saturated carbocycles. The molecule has 0 unspecified atom stereocenters. The Morgan fingerprint density at radius 1 is 0.917 bits per heavy atom. The third-order valence-corrected chi connectivity index (χ3v) is 2.24. The summed E-state index contributed by atoms with van der Waals surface area (Å²) in [7, 11) is 0. The highest BCUT2D eigenvalue weighted by molar-refractivity contribution is 4.74. The molecular weight excluding hydrogens is 172 g/mol. The Kier molecular flexibility index (Phi) is 2.57. The van der Waals surface area contributed by atoms with E-state index >= 15 is 0 Å². The monoisotopic (exact) mass is 182 g/mol. The molecule has 0 radical (unpaired) electrons. The van der Waals surface area contributed by atoms with Crippen LogP contribution in [0.2, 0.25) is 0 Å². The molecule has 0 aromatic heterocycles. The Balaban J connectivity index is 2.67. The van der Waals surface area contributed by atoms with Crippen molar-refractivity contribution < 1.29 is 9.85 Å². The topological polar surface area (TPSA) is 86.3 Å². The van der Waals surface area contributed by atoms with Gasteiger partial charge in [0.25, 0.3) is 12.1 Å². The zero-order valence-electron chi connectivity index (χ0n) is 6.51. The summed E-state index contributed by atoms with van der Waals surface area (Å²) in [5, 5.41) is 20.7. The first-order valence-electron chi connectivity index (χ1n) is 3.90. The molecular formula is C6H10N2O4. The molecule has 1 aliphatic rings. The van der Waals surface area contributed by atoms with Crippen LogP contribution in [0.25, 0.3) is 0 Å². The van der Waals surface area contributed by atoms with Gasteiger partial charge in [-0.25, -0.2) is 0 Å². The second-order valence-electron chi connectivity index (χ2n) is 2.99. The van der Waals surface area contributed by atoms with E-state index in [1.165, 1.54) is 0 Å². The van der Waals surface area contributed by atoms with Gasteiger partial charge >= 0.3 is 0 Å². The van der Waals surface area contributed by atoms with Crippen molar-refractivity contribution in [1.29, 1.82) is 0 Å². The molecule has 0 aromatic carbocycles. The lowest BCUT2D eigenvalue weighted by Gasteiger charge is -2.18. The Hall–Kier alpha value is -1.20. The predicted molar refractivity (Wildman–Crippen MR) is 40.0 cm³/mol. The first-order valence-corrected chi connectivity index (χ1v) is 3.90. The highest BCUT2D eigenvalue weighted by atomic mass is 18.4. The summed E-state index contributed by atoms with van der Waals surface area (Å²) >= 11 is 0. The van der Waals surface area contributed by atoms with Gasteiger partial charge in [-0.1, -0.05) is 0 Å². The van der Waals surface area contributed by atoms with Gasteiger partial charge in [0.2, 0.25) is 0 Å². The zero-order chi connectivity index (χ0) is 9.14. The first kappa shape index (κ1) is 8.89. The van der Waals surface area contributed by atoms with E-state index in [1.54, 1.807) is 0 Å². The minimum atomic E-state index is -0.964. The van der Waals surface area contributed by atoms with Crippen LogP contribution in [0.5, 0.6) is 0 Å². The average Bonchev–Trinajstić information content (AvgIpc) is 2.04. The van der Waals surface area contributed by atoms with Crippen LogP contribution in [-0.4, -0.2) is 21.9 Å². The Bertz CT molecular complexity index is 184. The molecule has 1 fully saturated rings. The van der Waals surface area contributed by atoms with E-state index in [0.717, 1.165) is 12.8 Å². The molecule has 0 bridgehead atoms. The number of rotatable bonds is 2. The normalized spacial score (nSPS) is 29.7. The van der Waals surface area contributed by atoms with Gasteiger partial charge in [-0.05, 0) is 12.8 Å². The van der Waals surface area contributed by atoms with Crippen molar-refractivity contribution in [3.8, 4) is 0 Å². The van der Waals surface area contributed by atoms with E-state index in [2.05, 4.69) is 0 Å². The van der Waals surface area contributed by atoms with Crippen LogP contribution in [0.4, 0.5) is 0 Å². The highest BCUT2D eigenvalue weighted by Crippen LogP contribution is 2.22. The predicted octanol–water partition coefficient (Wildman–Crippen LogP) is 0.851. The summed E-state index contributed by atoms with van der Waals surface area (Å²) in [6.07, 6.45) is 2.16. The van der Waals surface area contributed by atoms with Gasteiger partial charge in [0, 0.05) is 22.7 Å². The van der Waals surface area contributed by atoms with Gasteiger partial charge in [0.05, 0.1) is 0 Å². The molecule has 0 aliphatic heterocycles. The molecule has 1 rings (SSSR count). The Morgan fingerprint density at radius 2 is 1.25 bits per heavy atom. The zero-order valence-corrected chi connectivity index (χ0v) is 6.51. The van der Waals surface area contributed by atoms with E-state index in [1.807, 2.05) is 0 Å². The van der Waals surface area contributed by atoms with Crippen molar-refractivity contribution in [3.63, 3.8) is 0 Å². The molecule has 2 atom stereocenters. The Morgan fingerprint density at radius 3 is 1.50 bits per heavy atom. The maximum atomic E-state index is 10.4. The molecule has 0 spiro atoms. The summed E-state index contributed by atoms with van der Waals surface area (Å²) < 4.78 is 0. The van der Waals surface area contributed by atoms with E-state index in [4.69, 9.17) is 0 Å². The average molecular weight is 182 g/mol. The smallest absolute Gasteiger partial charge is 0.264 e. The summed E-state index contributed by atoms with van der Waals surface area (Å²) in [6, 6.07) is -1.93. The van der Waals surface area contributed by atoms with Crippen LogP contribution >= 0.6 is 0 Å². The van der Waals surface area contributed by atoms with E-state index in [-0.39, 0.29) is 0 Å². The number of nitro groups is 2.